The highest BCUT2D eigenvalue weighted by Crippen LogP contribution is 2.27. The topological polar surface area (TPSA) is 67.4 Å². The van der Waals surface area contributed by atoms with Crippen molar-refractivity contribution in [2.45, 2.75) is 19.1 Å². The number of nitrogens with zero attached hydrogens (tertiary/aromatic N) is 2. The number of para-hydroxylation sites is 2. The maximum Gasteiger partial charge on any atom is 0.191 e. The number of halogens is 1. The van der Waals surface area contributed by atoms with E-state index in [0.717, 1.165) is 50.3 Å². The van der Waals surface area contributed by atoms with Crippen LogP contribution in [0.3, 0.4) is 0 Å². The van der Waals surface area contributed by atoms with Gasteiger partial charge in [0.25, 0.3) is 0 Å². The van der Waals surface area contributed by atoms with Crippen LogP contribution in [-0.4, -0.2) is 70.5 Å². The molecule has 1 aliphatic heterocycles. The van der Waals surface area contributed by atoms with Crippen molar-refractivity contribution < 1.29 is 14.2 Å². The van der Waals surface area contributed by atoms with Gasteiger partial charge in [0.2, 0.25) is 0 Å². The Labute approximate surface area is 206 Å². The molecule has 0 bridgehead atoms. The zero-order chi connectivity index (χ0) is 21.2. The molecule has 2 aromatic rings. The predicted octanol–water partition coefficient (Wildman–Crippen LogP) is 3.38. The highest BCUT2D eigenvalue weighted by Gasteiger charge is 2.23. The van der Waals surface area contributed by atoms with Gasteiger partial charge in [-0.3, -0.25) is 9.89 Å². The lowest BCUT2D eigenvalue weighted by atomic mass is 10.2. The predicted molar refractivity (Wildman–Crippen MR) is 137 cm³/mol. The van der Waals surface area contributed by atoms with Crippen molar-refractivity contribution in [1.82, 2.24) is 15.5 Å². The van der Waals surface area contributed by atoms with Gasteiger partial charge in [0.1, 0.15) is 6.10 Å². The summed E-state index contributed by atoms with van der Waals surface area (Å²) in [6, 6.07) is 12.3. The van der Waals surface area contributed by atoms with Crippen molar-refractivity contribution >= 4 is 41.3 Å². The van der Waals surface area contributed by atoms with E-state index in [4.69, 9.17) is 14.2 Å². The van der Waals surface area contributed by atoms with Gasteiger partial charge in [-0.25, -0.2) is 0 Å². The molecule has 1 aromatic heterocycles. The second-order valence-corrected chi connectivity index (χ2v) is 8.07. The average molecular weight is 561 g/mol. The first kappa shape index (κ1) is 25.7. The normalized spacial score (nSPS) is 16.7. The standard InChI is InChI=1S/C22H32N4O3S.HI/c1-17(29-20-8-5-4-7-19(20)27-3)15-24-22(23-2)25-16-18(21-9-6-14-30-21)26-10-12-28-13-11-26;/h4-9,14,17-18H,10-13,15-16H2,1-3H3,(H2,23,24,25);1H. The Kier molecular flexibility index (Phi) is 11.4. The number of morpholine rings is 1. The van der Waals surface area contributed by atoms with Crippen LogP contribution < -0.4 is 20.1 Å². The Balaban J connectivity index is 0.00000341. The summed E-state index contributed by atoms with van der Waals surface area (Å²) in [6.45, 7) is 6.88. The van der Waals surface area contributed by atoms with Gasteiger partial charge in [0.05, 0.1) is 32.9 Å². The Morgan fingerprint density at radius 3 is 2.48 bits per heavy atom. The minimum Gasteiger partial charge on any atom is -0.493 e. The van der Waals surface area contributed by atoms with Crippen molar-refractivity contribution in [3.05, 3.63) is 46.7 Å². The summed E-state index contributed by atoms with van der Waals surface area (Å²) in [5, 5.41) is 8.98. The molecule has 1 aliphatic rings. The van der Waals surface area contributed by atoms with Crippen molar-refractivity contribution in [2.75, 3.05) is 53.6 Å². The Morgan fingerprint density at radius 1 is 1.13 bits per heavy atom. The fraction of sp³-hybridized carbons (Fsp3) is 0.500. The molecule has 2 N–H and O–H groups in total. The molecule has 1 aromatic carbocycles. The molecule has 1 fully saturated rings. The van der Waals surface area contributed by atoms with E-state index >= 15 is 0 Å². The first-order chi connectivity index (χ1) is 14.7. The molecule has 2 atom stereocenters. The van der Waals surface area contributed by atoms with Crippen LogP contribution in [0.4, 0.5) is 0 Å². The van der Waals surface area contributed by atoms with Crippen LogP contribution >= 0.6 is 35.3 Å². The number of methoxy groups -OCH3 is 1. The molecular formula is C22H33IN4O3S. The molecule has 0 aliphatic carbocycles. The summed E-state index contributed by atoms with van der Waals surface area (Å²) in [7, 11) is 3.44. The number of rotatable bonds is 9. The number of hydrogen-bond acceptors (Lipinski definition) is 6. The summed E-state index contributed by atoms with van der Waals surface area (Å²) in [4.78, 5) is 8.20. The molecule has 1 saturated heterocycles. The van der Waals surface area contributed by atoms with Crippen LogP contribution in [0.2, 0.25) is 0 Å². The van der Waals surface area contributed by atoms with Crippen LogP contribution in [0.25, 0.3) is 0 Å². The molecule has 0 radical (unpaired) electrons. The molecule has 0 spiro atoms. The smallest absolute Gasteiger partial charge is 0.191 e. The highest BCUT2D eigenvalue weighted by molar-refractivity contribution is 14.0. The van der Waals surface area contributed by atoms with Crippen LogP contribution in [0, 0.1) is 0 Å². The molecule has 0 saturated carbocycles. The second-order valence-electron chi connectivity index (χ2n) is 7.09. The maximum atomic E-state index is 6.02. The number of guanidine groups is 1. The molecule has 2 unspecified atom stereocenters. The molecular weight excluding hydrogens is 527 g/mol. The average Bonchev–Trinajstić information content (AvgIpc) is 3.31. The Morgan fingerprint density at radius 2 is 1.84 bits per heavy atom. The van der Waals surface area contributed by atoms with Gasteiger partial charge in [-0.2, -0.15) is 0 Å². The van der Waals surface area contributed by atoms with Gasteiger partial charge in [-0.1, -0.05) is 18.2 Å². The van der Waals surface area contributed by atoms with Crippen LogP contribution in [0.15, 0.2) is 46.8 Å². The van der Waals surface area contributed by atoms with Gasteiger partial charge in [0, 0.05) is 31.6 Å². The van der Waals surface area contributed by atoms with E-state index in [1.807, 2.05) is 31.2 Å². The number of nitrogens with one attached hydrogen (secondary N) is 2. The van der Waals surface area contributed by atoms with Crippen molar-refractivity contribution in [1.29, 1.82) is 0 Å². The van der Waals surface area contributed by atoms with Crippen molar-refractivity contribution in [3.63, 3.8) is 0 Å². The van der Waals surface area contributed by atoms with E-state index in [9.17, 15) is 0 Å². The minimum atomic E-state index is -0.0489. The number of ether oxygens (including phenoxy) is 3. The van der Waals surface area contributed by atoms with E-state index in [1.54, 1.807) is 25.5 Å². The van der Waals surface area contributed by atoms with E-state index in [-0.39, 0.29) is 30.1 Å². The quantitative estimate of drug-likeness (QED) is 0.279. The van der Waals surface area contributed by atoms with Gasteiger partial charge >= 0.3 is 0 Å². The maximum absolute atomic E-state index is 6.02. The van der Waals surface area contributed by atoms with E-state index in [2.05, 4.69) is 38.0 Å². The van der Waals surface area contributed by atoms with E-state index < -0.39 is 0 Å². The van der Waals surface area contributed by atoms with Crippen LogP contribution in [0.1, 0.15) is 17.8 Å². The van der Waals surface area contributed by atoms with Crippen molar-refractivity contribution in [2.24, 2.45) is 4.99 Å². The molecule has 7 nitrogen and oxygen atoms in total. The third-order valence-electron chi connectivity index (χ3n) is 5.00. The zero-order valence-electron chi connectivity index (χ0n) is 18.4. The molecule has 0 amide bonds. The molecule has 2 heterocycles. The van der Waals surface area contributed by atoms with E-state index in [1.165, 1.54) is 4.88 Å². The molecule has 9 heteroatoms. The number of thiophene rings is 1. The third-order valence-corrected chi connectivity index (χ3v) is 5.97. The fourth-order valence-electron chi connectivity index (χ4n) is 3.41. The lowest BCUT2D eigenvalue weighted by Crippen LogP contribution is -2.47. The first-order valence-electron chi connectivity index (χ1n) is 10.3. The summed E-state index contributed by atoms with van der Waals surface area (Å²) >= 11 is 1.79. The summed E-state index contributed by atoms with van der Waals surface area (Å²) < 4.78 is 16.9. The summed E-state index contributed by atoms with van der Waals surface area (Å²) in [5.41, 5.74) is 0. The molecule has 31 heavy (non-hydrogen) atoms. The van der Waals surface area contributed by atoms with Gasteiger partial charge in [-0.15, -0.1) is 35.3 Å². The monoisotopic (exact) mass is 560 g/mol. The number of benzene rings is 1. The third kappa shape index (κ3) is 7.81. The van der Waals surface area contributed by atoms with Gasteiger partial charge in [-0.05, 0) is 30.5 Å². The molecule has 3 rings (SSSR count). The summed E-state index contributed by atoms with van der Waals surface area (Å²) in [5.74, 6) is 2.23. The van der Waals surface area contributed by atoms with Gasteiger partial charge in [0.15, 0.2) is 17.5 Å². The fourth-order valence-corrected chi connectivity index (χ4v) is 4.27. The van der Waals surface area contributed by atoms with Crippen LogP contribution in [-0.2, 0) is 4.74 Å². The lowest BCUT2D eigenvalue weighted by molar-refractivity contribution is 0.0177. The SMILES string of the molecule is CN=C(NCC(C)Oc1ccccc1OC)NCC(c1cccs1)N1CCOCC1.I. The first-order valence-corrected chi connectivity index (χ1v) is 11.2. The van der Waals surface area contributed by atoms with Crippen molar-refractivity contribution in [3.8, 4) is 11.5 Å². The minimum absolute atomic E-state index is 0. The lowest BCUT2D eigenvalue weighted by Gasteiger charge is -2.34. The summed E-state index contributed by atoms with van der Waals surface area (Å²) in [6.07, 6.45) is -0.0489. The number of hydrogen-bond donors (Lipinski definition) is 2. The largest absolute Gasteiger partial charge is 0.493 e. The van der Waals surface area contributed by atoms with Gasteiger partial charge < -0.3 is 24.8 Å². The second kappa shape index (κ2) is 13.8. The number of aliphatic imine (C=N–C) groups is 1. The van der Waals surface area contributed by atoms with Crippen LogP contribution in [0.5, 0.6) is 11.5 Å². The Bertz CT molecular complexity index is 785. The highest BCUT2D eigenvalue weighted by atomic mass is 127. The Hall–Kier alpha value is -1.56. The zero-order valence-corrected chi connectivity index (χ0v) is 21.5. The van der Waals surface area contributed by atoms with E-state index in [0.29, 0.717) is 12.6 Å². The molecule has 172 valence electrons.